The van der Waals surface area contributed by atoms with Crippen molar-refractivity contribution in [3.63, 3.8) is 0 Å². The fraction of sp³-hybridized carbons (Fsp3) is 0.222. The van der Waals surface area contributed by atoms with Gasteiger partial charge in [0.05, 0.1) is 20.9 Å². The lowest BCUT2D eigenvalue weighted by Crippen LogP contribution is -2.57. The summed E-state index contributed by atoms with van der Waals surface area (Å²) in [6.45, 7) is 0.331. The Balaban J connectivity index is 1.33. The minimum absolute atomic E-state index is 0.0878. The van der Waals surface area contributed by atoms with Gasteiger partial charge in [-0.2, -0.15) is 0 Å². The first-order valence-corrected chi connectivity index (χ1v) is 11.5. The van der Waals surface area contributed by atoms with Gasteiger partial charge >= 0.3 is 0 Å². The number of halogens is 1. The first-order valence-electron chi connectivity index (χ1n) is 8.19. The fourth-order valence-electron chi connectivity index (χ4n) is 2.78. The van der Waals surface area contributed by atoms with Crippen molar-refractivity contribution in [2.45, 2.75) is 14.5 Å². The van der Waals surface area contributed by atoms with E-state index in [0.29, 0.717) is 0 Å². The van der Waals surface area contributed by atoms with Gasteiger partial charge in [0.2, 0.25) is 5.91 Å². The monoisotopic (exact) mass is 422 g/mol. The van der Waals surface area contributed by atoms with Crippen molar-refractivity contribution >= 4 is 49.1 Å². The Bertz CT molecular complexity index is 1060. The number of rotatable bonds is 5. The highest BCUT2D eigenvalue weighted by Crippen LogP contribution is 2.30. The van der Waals surface area contributed by atoms with Crippen molar-refractivity contribution in [3.8, 4) is 0 Å². The van der Waals surface area contributed by atoms with E-state index in [0.717, 1.165) is 26.7 Å². The summed E-state index contributed by atoms with van der Waals surface area (Å²) in [4.78, 5) is 18.4. The number of aromatic nitrogens is 1. The van der Waals surface area contributed by atoms with Gasteiger partial charge < -0.3 is 4.90 Å². The molecule has 1 amide bonds. The van der Waals surface area contributed by atoms with E-state index in [9.17, 15) is 17.6 Å². The van der Waals surface area contributed by atoms with Crippen LogP contribution in [0.2, 0.25) is 0 Å². The van der Waals surface area contributed by atoms with Gasteiger partial charge in [0, 0.05) is 13.1 Å². The Morgan fingerprint density at radius 3 is 2.59 bits per heavy atom. The van der Waals surface area contributed by atoms with Crippen LogP contribution >= 0.6 is 23.1 Å². The van der Waals surface area contributed by atoms with Crippen LogP contribution in [0.25, 0.3) is 10.2 Å². The second-order valence-corrected chi connectivity index (χ2v) is 10.6. The van der Waals surface area contributed by atoms with Gasteiger partial charge in [-0.1, -0.05) is 23.9 Å². The molecule has 0 atom stereocenters. The molecule has 140 valence electrons. The maximum absolute atomic E-state index is 13.0. The molecule has 0 saturated carbocycles. The zero-order chi connectivity index (χ0) is 19.0. The lowest BCUT2D eigenvalue weighted by atomic mass is 10.2. The number of amides is 1. The van der Waals surface area contributed by atoms with Gasteiger partial charge in [-0.05, 0) is 36.4 Å². The molecule has 1 aromatic heterocycles. The molecule has 1 saturated heterocycles. The number of para-hydroxylation sites is 1. The van der Waals surface area contributed by atoms with Crippen molar-refractivity contribution in [2.75, 3.05) is 18.8 Å². The molecule has 0 unspecified atom stereocenters. The third-order valence-corrected chi connectivity index (χ3v) is 8.64. The summed E-state index contributed by atoms with van der Waals surface area (Å²) in [6.07, 6.45) is 0. The molecule has 0 radical (unpaired) electrons. The van der Waals surface area contributed by atoms with Crippen molar-refractivity contribution in [3.05, 3.63) is 54.3 Å². The number of thioether (sulfide) groups is 1. The molecule has 0 aliphatic carbocycles. The molecular formula is C18H15FN2O3S3. The molecular weight excluding hydrogens is 407 g/mol. The second kappa shape index (κ2) is 7.21. The van der Waals surface area contributed by atoms with E-state index < -0.39 is 20.9 Å². The Morgan fingerprint density at radius 2 is 1.89 bits per heavy atom. The van der Waals surface area contributed by atoms with Crippen LogP contribution in [0.5, 0.6) is 0 Å². The lowest BCUT2D eigenvalue weighted by Gasteiger charge is -2.38. The van der Waals surface area contributed by atoms with E-state index in [1.807, 2.05) is 24.3 Å². The van der Waals surface area contributed by atoms with Crippen molar-refractivity contribution < 1.29 is 17.6 Å². The largest absolute Gasteiger partial charge is 0.339 e. The van der Waals surface area contributed by atoms with E-state index in [1.54, 1.807) is 0 Å². The molecule has 9 heteroatoms. The van der Waals surface area contributed by atoms with Crippen LogP contribution in [-0.2, 0) is 14.6 Å². The van der Waals surface area contributed by atoms with Crippen molar-refractivity contribution in [1.82, 2.24) is 9.88 Å². The van der Waals surface area contributed by atoms with E-state index in [-0.39, 0.29) is 29.6 Å². The number of hydrogen-bond acceptors (Lipinski definition) is 6. The van der Waals surface area contributed by atoms with E-state index in [1.165, 1.54) is 40.1 Å². The third kappa shape index (κ3) is 3.71. The Hall–Kier alpha value is -1.97. The highest BCUT2D eigenvalue weighted by Gasteiger charge is 2.40. The molecule has 0 spiro atoms. The van der Waals surface area contributed by atoms with Crippen LogP contribution < -0.4 is 0 Å². The number of hydrogen-bond donors (Lipinski definition) is 0. The van der Waals surface area contributed by atoms with E-state index in [4.69, 9.17) is 0 Å². The second-order valence-electron chi connectivity index (χ2n) is 6.16. The maximum atomic E-state index is 13.0. The summed E-state index contributed by atoms with van der Waals surface area (Å²) in [6, 6.07) is 12.6. The normalized spacial score (nSPS) is 15.1. The molecule has 27 heavy (non-hydrogen) atoms. The first-order chi connectivity index (χ1) is 12.9. The van der Waals surface area contributed by atoms with Crippen LogP contribution in [0.1, 0.15) is 0 Å². The number of likely N-dealkylation sites (tertiary alicyclic amines) is 1. The van der Waals surface area contributed by atoms with Crippen LogP contribution in [0.3, 0.4) is 0 Å². The van der Waals surface area contributed by atoms with Crippen molar-refractivity contribution in [1.29, 1.82) is 0 Å². The highest BCUT2D eigenvalue weighted by atomic mass is 32.2. The van der Waals surface area contributed by atoms with Gasteiger partial charge in [-0.15, -0.1) is 11.3 Å². The van der Waals surface area contributed by atoms with Gasteiger partial charge in [-0.25, -0.2) is 17.8 Å². The summed E-state index contributed by atoms with van der Waals surface area (Å²) in [5, 5.41) is -0.639. The van der Waals surface area contributed by atoms with Crippen LogP contribution in [-0.4, -0.2) is 48.3 Å². The molecule has 2 aromatic carbocycles. The molecule has 2 heterocycles. The number of nitrogens with zero attached hydrogens (tertiary/aromatic N) is 2. The fourth-order valence-corrected chi connectivity index (χ4v) is 6.41. The van der Waals surface area contributed by atoms with Crippen LogP contribution in [0.4, 0.5) is 4.39 Å². The quantitative estimate of drug-likeness (QED) is 0.467. The van der Waals surface area contributed by atoms with Gasteiger partial charge in [0.15, 0.2) is 14.2 Å². The van der Waals surface area contributed by atoms with Crippen LogP contribution in [0, 0.1) is 5.82 Å². The zero-order valence-corrected chi connectivity index (χ0v) is 16.5. The first kappa shape index (κ1) is 18.4. The van der Waals surface area contributed by atoms with Crippen LogP contribution in [0.15, 0.2) is 57.8 Å². The summed E-state index contributed by atoms with van der Waals surface area (Å²) in [7, 11) is -3.55. The third-order valence-electron chi connectivity index (χ3n) is 4.38. The predicted molar refractivity (Wildman–Crippen MR) is 104 cm³/mol. The Kier molecular flexibility index (Phi) is 4.92. The maximum Gasteiger partial charge on any atom is 0.233 e. The molecule has 4 rings (SSSR count). The van der Waals surface area contributed by atoms with Gasteiger partial charge in [-0.3, -0.25) is 4.79 Å². The highest BCUT2D eigenvalue weighted by molar-refractivity contribution is 8.01. The summed E-state index contributed by atoms with van der Waals surface area (Å²) < 4.78 is 39.9. The Labute approximate surface area is 164 Å². The van der Waals surface area contributed by atoms with Gasteiger partial charge in [0.25, 0.3) is 0 Å². The van der Waals surface area contributed by atoms with E-state index >= 15 is 0 Å². The molecule has 3 aromatic rings. The molecule has 0 bridgehead atoms. The average molecular weight is 423 g/mol. The topological polar surface area (TPSA) is 67.3 Å². The molecule has 0 N–H and O–H groups in total. The predicted octanol–water partition coefficient (Wildman–Crippen LogP) is 3.21. The summed E-state index contributed by atoms with van der Waals surface area (Å²) in [5.41, 5.74) is 0.909. The van der Waals surface area contributed by atoms with E-state index in [2.05, 4.69) is 4.98 Å². The van der Waals surface area contributed by atoms with Crippen molar-refractivity contribution in [2.24, 2.45) is 0 Å². The zero-order valence-electron chi connectivity index (χ0n) is 14.0. The molecule has 5 nitrogen and oxygen atoms in total. The molecule has 1 aliphatic rings. The van der Waals surface area contributed by atoms with Gasteiger partial charge in [0.1, 0.15) is 11.1 Å². The molecule has 1 fully saturated rings. The minimum Gasteiger partial charge on any atom is -0.339 e. The Morgan fingerprint density at radius 1 is 1.19 bits per heavy atom. The summed E-state index contributed by atoms with van der Waals surface area (Å²) >= 11 is 2.90. The molecule has 1 aliphatic heterocycles. The number of benzene rings is 2. The minimum atomic E-state index is -3.55. The number of fused-ring (bicyclic) bond motifs is 1. The number of carbonyl (C=O) groups excluding carboxylic acids is 1. The number of sulfone groups is 1. The number of thiazole rings is 1. The smallest absolute Gasteiger partial charge is 0.233 e. The SMILES string of the molecule is O=C(CSc1nc2ccccc2s1)N1CC(S(=O)(=O)c2ccc(F)cc2)C1. The standard InChI is InChI=1S/C18H15FN2O3S3/c19-12-5-7-13(8-6-12)27(23,24)14-9-21(10-14)17(22)11-25-18-20-15-3-1-2-4-16(15)26-18/h1-8,14H,9-11H2. The average Bonchev–Trinajstić information content (AvgIpc) is 3.02. The lowest BCUT2D eigenvalue weighted by molar-refractivity contribution is -0.131. The number of carbonyl (C=O) groups is 1. The summed E-state index contributed by atoms with van der Waals surface area (Å²) in [5.74, 6) is -0.362.